The molecule has 1 fully saturated rings. The maximum Gasteiger partial charge on any atom is 0.209 e. The Morgan fingerprint density at radius 1 is 1.36 bits per heavy atom. The molecule has 1 saturated heterocycles. The standard InChI is InChI=1S/C16H20N6O2S/c1-10-19-13-8-18-15-12(5-6-17-15)14(13)16(20-10)22-7-3-4-11(9-22)21-25(2,23)24/h5-6,8,11,21H,3-4,7,9H2,1-2H3,(H,17,18). The second-order valence-corrected chi connectivity index (χ2v) is 8.31. The largest absolute Gasteiger partial charge is 0.354 e. The van der Waals surface area contributed by atoms with Crippen molar-refractivity contribution in [3.05, 3.63) is 24.3 Å². The average molecular weight is 360 g/mol. The number of hydrogen-bond donors (Lipinski definition) is 2. The maximum absolute atomic E-state index is 11.6. The highest BCUT2D eigenvalue weighted by Gasteiger charge is 2.25. The molecule has 0 radical (unpaired) electrons. The third-order valence-corrected chi connectivity index (χ3v) is 5.20. The van der Waals surface area contributed by atoms with Crippen molar-refractivity contribution in [2.24, 2.45) is 0 Å². The van der Waals surface area contributed by atoms with E-state index in [-0.39, 0.29) is 6.04 Å². The van der Waals surface area contributed by atoms with Gasteiger partial charge in [-0.1, -0.05) is 0 Å². The van der Waals surface area contributed by atoms with Gasteiger partial charge in [0.2, 0.25) is 10.0 Å². The molecule has 1 aliphatic heterocycles. The first kappa shape index (κ1) is 16.2. The molecule has 0 saturated carbocycles. The van der Waals surface area contributed by atoms with Crippen molar-refractivity contribution < 1.29 is 8.42 Å². The van der Waals surface area contributed by atoms with Crippen LogP contribution in [-0.2, 0) is 10.0 Å². The fourth-order valence-electron chi connectivity index (χ4n) is 3.52. The van der Waals surface area contributed by atoms with E-state index < -0.39 is 10.0 Å². The van der Waals surface area contributed by atoms with Crippen LogP contribution in [0.5, 0.6) is 0 Å². The molecule has 0 amide bonds. The van der Waals surface area contributed by atoms with Crippen molar-refractivity contribution in [2.45, 2.75) is 25.8 Å². The minimum atomic E-state index is -3.23. The van der Waals surface area contributed by atoms with Crippen LogP contribution < -0.4 is 9.62 Å². The molecule has 3 aromatic heterocycles. The normalized spacial score (nSPS) is 19.0. The van der Waals surface area contributed by atoms with Crippen LogP contribution in [0, 0.1) is 6.92 Å². The van der Waals surface area contributed by atoms with Crippen LogP contribution in [0.2, 0.25) is 0 Å². The Morgan fingerprint density at radius 2 is 2.20 bits per heavy atom. The number of fused-ring (bicyclic) bond motifs is 3. The summed E-state index contributed by atoms with van der Waals surface area (Å²) in [5, 5.41) is 1.93. The highest BCUT2D eigenvalue weighted by atomic mass is 32.2. The molecule has 8 nitrogen and oxygen atoms in total. The summed E-state index contributed by atoms with van der Waals surface area (Å²) >= 11 is 0. The lowest BCUT2D eigenvalue weighted by molar-refractivity contribution is 0.466. The van der Waals surface area contributed by atoms with Crippen molar-refractivity contribution in [3.8, 4) is 0 Å². The van der Waals surface area contributed by atoms with Gasteiger partial charge < -0.3 is 9.88 Å². The lowest BCUT2D eigenvalue weighted by Crippen LogP contribution is -2.47. The number of aromatic amines is 1. The molecule has 132 valence electrons. The van der Waals surface area contributed by atoms with Crippen LogP contribution in [-0.4, -0.2) is 53.7 Å². The number of aryl methyl sites for hydroxylation is 1. The minimum absolute atomic E-state index is 0.113. The predicted molar refractivity (Wildman–Crippen MR) is 97.1 cm³/mol. The number of hydrogen-bond acceptors (Lipinski definition) is 6. The fourth-order valence-corrected chi connectivity index (χ4v) is 4.32. The second kappa shape index (κ2) is 5.92. The summed E-state index contributed by atoms with van der Waals surface area (Å²) in [6.45, 7) is 3.29. The van der Waals surface area contributed by atoms with Crippen LogP contribution >= 0.6 is 0 Å². The van der Waals surface area contributed by atoms with Crippen LogP contribution in [0.3, 0.4) is 0 Å². The summed E-state index contributed by atoms with van der Waals surface area (Å²) in [5.74, 6) is 1.52. The molecule has 9 heteroatoms. The average Bonchev–Trinajstić information content (AvgIpc) is 3.01. The first-order valence-electron chi connectivity index (χ1n) is 8.23. The molecule has 0 aliphatic carbocycles. The van der Waals surface area contributed by atoms with Gasteiger partial charge in [-0.25, -0.2) is 28.1 Å². The number of sulfonamides is 1. The molecule has 3 aromatic rings. The molecule has 0 aromatic carbocycles. The number of anilines is 1. The second-order valence-electron chi connectivity index (χ2n) is 6.53. The van der Waals surface area contributed by atoms with Crippen molar-refractivity contribution in [1.29, 1.82) is 0 Å². The number of pyridine rings is 1. The lowest BCUT2D eigenvalue weighted by Gasteiger charge is -2.34. The molecule has 0 bridgehead atoms. The van der Waals surface area contributed by atoms with Gasteiger partial charge >= 0.3 is 0 Å². The van der Waals surface area contributed by atoms with E-state index in [1.54, 1.807) is 6.20 Å². The van der Waals surface area contributed by atoms with E-state index >= 15 is 0 Å². The van der Waals surface area contributed by atoms with Gasteiger partial charge in [0, 0.05) is 30.7 Å². The van der Waals surface area contributed by atoms with E-state index in [0.717, 1.165) is 47.1 Å². The van der Waals surface area contributed by atoms with E-state index in [4.69, 9.17) is 0 Å². The van der Waals surface area contributed by atoms with E-state index in [1.165, 1.54) is 6.26 Å². The molecule has 1 atom stereocenters. The molecule has 2 N–H and O–H groups in total. The number of H-pyrrole nitrogens is 1. The minimum Gasteiger partial charge on any atom is -0.354 e. The number of aromatic nitrogens is 4. The van der Waals surface area contributed by atoms with Crippen LogP contribution in [0.15, 0.2) is 18.5 Å². The smallest absolute Gasteiger partial charge is 0.209 e. The zero-order valence-electron chi connectivity index (χ0n) is 14.2. The van der Waals surface area contributed by atoms with Gasteiger partial charge in [0.05, 0.1) is 23.4 Å². The number of rotatable bonds is 3. The van der Waals surface area contributed by atoms with Gasteiger partial charge in [-0.2, -0.15) is 0 Å². The molecule has 4 rings (SSSR count). The highest BCUT2D eigenvalue weighted by molar-refractivity contribution is 7.88. The monoisotopic (exact) mass is 360 g/mol. The Hall–Kier alpha value is -2.26. The Labute approximate surface area is 145 Å². The highest BCUT2D eigenvalue weighted by Crippen LogP contribution is 2.31. The number of piperidine rings is 1. The zero-order valence-corrected chi connectivity index (χ0v) is 15.0. The van der Waals surface area contributed by atoms with Crippen molar-refractivity contribution in [3.63, 3.8) is 0 Å². The Morgan fingerprint density at radius 3 is 3.00 bits per heavy atom. The van der Waals surface area contributed by atoms with E-state index in [0.29, 0.717) is 12.4 Å². The summed E-state index contributed by atoms with van der Waals surface area (Å²) in [4.78, 5) is 18.9. The quantitative estimate of drug-likeness (QED) is 0.730. The molecule has 25 heavy (non-hydrogen) atoms. The SMILES string of the molecule is Cc1nc(N2CCCC(NS(C)(=O)=O)C2)c2c(cnc3[nH]ccc32)n1. The topological polar surface area (TPSA) is 104 Å². The lowest BCUT2D eigenvalue weighted by atomic mass is 10.1. The van der Waals surface area contributed by atoms with Crippen LogP contribution in [0.25, 0.3) is 21.9 Å². The van der Waals surface area contributed by atoms with Crippen LogP contribution in [0.1, 0.15) is 18.7 Å². The van der Waals surface area contributed by atoms with Gasteiger partial charge in [-0.05, 0) is 25.8 Å². The first-order chi connectivity index (χ1) is 11.9. The van der Waals surface area contributed by atoms with Gasteiger partial charge in [-0.3, -0.25) is 0 Å². The van der Waals surface area contributed by atoms with Crippen molar-refractivity contribution >= 4 is 37.8 Å². The molecule has 0 spiro atoms. The molecule has 1 unspecified atom stereocenters. The van der Waals surface area contributed by atoms with Gasteiger partial charge in [0.1, 0.15) is 17.3 Å². The molecular weight excluding hydrogens is 340 g/mol. The summed E-state index contributed by atoms with van der Waals surface area (Å²) in [7, 11) is -3.23. The molecule has 1 aliphatic rings. The van der Waals surface area contributed by atoms with E-state index in [2.05, 4.69) is 29.6 Å². The van der Waals surface area contributed by atoms with Gasteiger partial charge in [0.15, 0.2) is 0 Å². The van der Waals surface area contributed by atoms with Gasteiger partial charge in [0.25, 0.3) is 0 Å². The molecule has 4 heterocycles. The summed E-state index contributed by atoms with van der Waals surface area (Å²) < 4.78 is 25.9. The third-order valence-electron chi connectivity index (χ3n) is 4.44. The van der Waals surface area contributed by atoms with Crippen LogP contribution in [0.4, 0.5) is 5.82 Å². The summed E-state index contributed by atoms with van der Waals surface area (Å²) in [6, 6.07) is 1.86. The maximum atomic E-state index is 11.6. The fraction of sp³-hybridized carbons (Fsp3) is 0.438. The van der Waals surface area contributed by atoms with E-state index in [1.807, 2.05) is 19.2 Å². The predicted octanol–water partition coefficient (Wildman–Crippen LogP) is 1.33. The number of nitrogens with one attached hydrogen (secondary N) is 2. The van der Waals surface area contributed by atoms with Gasteiger partial charge in [-0.15, -0.1) is 0 Å². The summed E-state index contributed by atoms with van der Waals surface area (Å²) in [6.07, 6.45) is 6.53. The van der Waals surface area contributed by atoms with E-state index in [9.17, 15) is 8.42 Å². The Bertz CT molecular complexity index is 1050. The Balaban J connectivity index is 1.81. The van der Waals surface area contributed by atoms with Crippen molar-refractivity contribution in [1.82, 2.24) is 24.7 Å². The summed E-state index contributed by atoms with van der Waals surface area (Å²) in [5.41, 5.74) is 1.59. The third kappa shape index (κ3) is 3.16. The van der Waals surface area contributed by atoms with Crippen molar-refractivity contribution in [2.75, 3.05) is 24.2 Å². The first-order valence-corrected chi connectivity index (χ1v) is 10.1. The zero-order chi connectivity index (χ0) is 17.6. The Kier molecular flexibility index (Phi) is 3.84. The molecular formula is C16H20N6O2S. The number of nitrogens with zero attached hydrogens (tertiary/aromatic N) is 4.